The molecule has 0 aromatic rings. The fourth-order valence-electron chi connectivity index (χ4n) is 0.817. The molecular formula is C11H17NO4. The Bertz CT molecular complexity index is 296. The average Bonchev–Trinajstić information content (AvgIpc) is 2.23. The molecule has 0 radical (unpaired) electrons. The summed E-state index contributed by atoms with van der Waals surface area (Å²) in [5.41, 5.74) is 0.396. The quantitative estimate of drug-likeness (QED) is 0.299. The second-order valence-electron chi connectivity index (χ2n) is 3.33. The Morgan fingerprint density at radius 2 is 1.94 bits per heavy atom. The topological polar surface area (TPSA) is 72.5 Å². The summed E-state index contributed by atoms with van der Waals surface area (Å²) in [6, 6.07) is 0. The van der Waals surface area contributed by atoms with E-state index >= 15 is 0 Å². The lowest BCUT2D eigenvalue weighted by atomic mass is 10.2. The Balaban J connectivity index is 3.59. The zero-order chi connectivity index (χ0) is 12.6. The van der Waals surface area contributed by atoms with Crippen molar-refractivity contribution in [2.24, 2.45) is 0 Å². The Kier molecular flexibility index (Phi) is 6.83. The van der Waals surface area contributed by atoms with Gasteiger partial charge in [0.15, 0.2) is 0 Å². The molecule has 0 spiro atoms. The Morgan fingerprint density at radius 1 is 1.31 bits per heavy atom. The number of ketones is 1. The predicted molar refractivity (Wildman–Crippen MR) is 58.7 cm³/mol. The predicted octanol–water partition coefficient (Wildman–Crippen LogP) is 0.591. The number of nitrogens with one attached hydrogen (secondary N) is 1. The van der Waals surface area contributed by atoms with Crippen molar-refractivity contribution in [2.45, 2.75) is 26.7 Å². The van der Waals surface area contributed by atoms with Crippen molar-refractivity contribution in [3.63, 3.8) is 0 Å². The lowest BCUT2D eigenvalue weighted by Gasteiger charge is -2.05. The van der Waals surface area contributed by atoms with Crippen LogP contribution in [0.15, 0.2) is 12.2 Å². The van der Waals surface area contributed by atoms with E-state index in [9.17, 15) is 14.4 Å². The van der Waals surface area contributed by atoms with Crippen LogP contribution >= 0.6 is 0 Å². The van der Waals surface area contributed by atoms with Crippen molar-refractivity contribution in [1.29, 1.82) is 0 Å². The third-order valence-electron chi connectivity index (χ3n) is 1.77. The van der Waals surface area contributed by atoms with Gasteiger partial charge in [0.1, 0.15) is 18.8 Å². The summed E-state index contributed by atoms with van der Waals surface area (Å²) in [6.45, 7) is 7.01. The molecule has 90 valence electrons. The molecule has 0 saturated heterocycles. The van der Waals surface area contributed by atoms with E-state index in [0.717, 1.165) is 0 Å². The fourth-order valence-corrected chi connectivity index (χ4v) is 0.817. The lowest BCUT2D eigenvalue weighted by Crippen LogP contribution is -2.28. The minimum Gasteiger partial charge on any atom is -0.463 e. The van der Waals surface area contributed by atoms with Crippen LogP contribution in [-0.4, -0.2) is 30.8 Å². The monoisotopic (exact) mass is 227 g/mol. The number of rotatable bonds is 7. The molecule has 1 N–H and O–H groups in total. The van der Waals surface area contributed by atoms with E-state index in [-0.39, 0.29) is 31.3 Å². The van der Waals surface area contributed by atoms with E-state index in [1.54, 1.807) is 13.8 Å². The summed E-state index contributed by atoms with van der Waals surface area (Å²) in [7, 11) is 0. The van der Waals surface area contributed by atoms with Gasteiger partial charge in [-0.05, 0) is 6.92 Å². The van der Waals surface area contributed by atoms with E-state index in [4.69, 9.17) is 4.74 Å². The minimum atomic E-state index is -0.559. The molecule has 0 rings (SSSR count). The molecule has 0 aliphatic rings. The van der Waals surface area contributed by atoms with Crippen molar-refractivity contribution in [3.8, 4) is 0 Å². The summed E-state index contributed by atoms with van der Waals surface area (Å²) in [4.78, 5) is 32.9. The van der Waals surface area contributed by atoms with E-state index in [1.807, 2.05) is 0 Å². The number of hydrogen-bond donors (Lipinski definition) is 1. The fraction of sp³-hybridized carbons (Fsp3) is 0.545. The van der Waals surface area contributed by atoms with Crippen LogP contribution in [0.1, 0.15) is 26.7 Å². The maximum atomic E-state index is 11.0. The van der Waals surface area contributed by atoms with E-state index < -0.39 is 5.97 Å². The van der Waals surface area contributed by atoms with E-state index in [1.165, 1.54) is 0 Å². The lowest BCUT2D eigenvalue weighted by molar-refractivity contribution is -0.146. The molecule has 1 amide bonds. The standard InChI is InChI=1S/C11H17NO4/c1-4-9(13)7-10(14)16-6-5-12-11(15)8(2)3/h2,4-7H2,1,3H3,(H,12,15). The average molecular weight is 227 g/mol. The maximum Gasteiger partial charge on any atom is 0.313 e. The molecule has 0 aromatic heterocycles. The van der Waals surface area contributed by atoms with Gasteiger partial charge in [-0.15, -0.1) is 0 Å². The third kappa shape index (κ3) is 6.75. The summed E-state index contributed by atoms with van der Waals surface area (Å²) in [6.07, 6.45) is 0.117. The summed E-state index contributed by atoms with van der Waals surface area (Å²) < 4.78 is 4.74. The van der Waals surface area contributed by atoms with E-state index in [2.05, 4.69) is 11.9 Å². The number of carbonyl (C=O) groups is 3. The van der Waals surface area contributed by atoms with Gasteiger partial charge >= 0.3 is 5.97 Å². The largest absolute Gasteiger partial charge is 0.463 e. The molecule has 0 bridgehead atoms. The Morgan fingerprint density at radius 3 is 2.44 bits per heavy atom. The summed E-state index contributed by atoms with van der Waals surface area (Å²) >= 11 is 0. The first-order valence-corrected chi connectivity index (χ1v) is 5.08. The van der Waals surface area contributed by atoms with Gasteiger partial charge in [0.05, 0.1) is 6.54 Å². The van der Waals surface area contributed by atoms with Gasteiger partial charge < -0.3 is 10.1 Å². The Hall–Kier alpha value is -1.65. The van der Waals surface area contributed by atoms with Crippen LogP contribution < -0.4 is 5.32 Å². The van der Waals surface area contributed by atoms with Crippen LogP contribution in [0, 0.1) is 0 Å². The smallest absolute Gasteiger partial charge is 0.313 e. The van der Waals surface area contributed by atoms with Crippen molar-refractivity contribution in [1.82, 2.24) is 5.32 Å². The second-order valence-corrected chi connectivity index (χ2v) is 3.33. The summed E-state index contributed by atoms with van der Waals surface area (Å²) in [5, 5.41) is 2.50. The minimum absolute atomic E-state index is 0.0643. The highest BCUT2D eigenvalue weighted by molar-refractivity contribution is 5.95. The van der Waals surface area contributed by atoms with Crippen molar-refractivity contribution in [2.75, 3.05) is 13.2 Å². The number of Topliss-reactive ketones (excluding diaryl/α,β-unsaturated/α-hetero) is 1. The molecule has 0 fully saturated rings. The van der Waals surface area contributed by atoms with Crippen LogP contribution in [0.25, 0.3) is 0 Å². The zero-order valence-electron chi connectivity index (χ0n) is 9.67. The molecule has 0 atom stereocenters. The van der Waals surface area contributed by atoms with Crippen LogP contribution in [0.4, 0.5) is 0 Å². The van der Waals surface area contributed by atoms with Crippen LogP contribution in [0.3, 0.4) is 0 Å². The maximum absolute atomic E-state index is 11.0. The van der Waals surface area contributed by atoms with Gasteiger partial charge in [-0.1, -0.05) is 13.5 Å². The SMILES string of the molecule is C=C(C)C(=O)NCCOC(=O)CC(=O)CC. The molecule has 16 heavy (non-hydrogen) atoms. The van der Waals surface area contributed by atoms with Crippen LogP contribution in [-0.2, 0) is 19.1 Å². The molecule has 0 aliphatic carbocycles. The van der Waals surface area contributed by atoms with Crippen molar-refractivity contribution in [3.05, 3.63) is 12.2 Å². The van der Waals surface area contributed by atoms with Gasteiger partial charge in [-0.25, -0.2) is 0 Å². The van der Waals surface area contributed by atoms with Crippen molar-refractivity contribution < 1.29 is 19.1 Å². The highest BCUT2D eigenvalue weighted by atomic mass is 16.5. The van der Waals surface area contributed by atoms with Crippen LogP contribution in [0.2, 0.25) is 0 Å². The van der Waals surface area contributed by atoms with E-state index in [0.29, 0.717) is 12.0 Å². The number of amides is 1. The molecule has 5 nitrogen and oxygen atoms in total. The molecule has 0 aliphatic heterocycles. The Labute approximate surface area is 94.8 Å². The van der Waals surface area contributed by atoms with Gasteiger partial charge in [0.2, 0.25) is 5.91 Å². The molecule has 0 saturated carbocycles. The molecule has 0 unspecified atom stereocenters. The molecule has 5 heteroatoms. The molecule has 0 heterocycles. The van der Waals surface area contributed by atoms with Gasteiger partial charge in [0, 0.05) is 12.0 Å². The molecule has 0 aromatic carbocycles. The first-order chi connectivity index (χ1) is 7.47. The second kappa shape index (κ2) is 7.62. The normalized spacial score (nSPS) is 9.38. The van der Waals surface area contributed by atoms with Gasteiger partial charge in [-0.2, -0.15) is 0 Å². The van der Waals surface area contributed by atoms with Crippen LogP contribution in [0.5, 0.6) is 0 Å². The first-order valence-electron chi connectivity index (χ1n) is 5.08. The van der Waals surface area contributed by atoms with Crippen molar-refractivity contribution >= 4 is 17.7 Å². The number of hydrogen-bond acceptors (Lipinski definition) is 4. The highest BCUT2D eigenvalue weighted by Gasteiger charge is 2.08. The number of ether oxygens (including phenoxy) is 1. The highest BCUT2D eigenvalue weighted by Crippen LogP contribution is 1.92. The zero-order valence-corrected chi connectivity index (χ0v) is 9.67. The molecular weight excluding hydrogens is 210 g/mol. The number of esters is 1. The third-order valence-corrected chi connectivity index (χ3v) is 1.77. The first kappa shape index (κ1) is 14.3. The van der Waals surface area contributed by atoms with Gasteiger partial charge in [0.25, 0.3) is 0 Å². The number of carbonyl (C=O) groups excluding carboxylic acids is 3. The summed E-state index contributed by atoms with van der Waals surface area (Å²) in [5.74, 6) is -0.993. The van der Waals surface area contributed by atoms with Gasteiger partial charge in [-0.3, -0.25) is 14.4 Å².